The van der Waals surface area contributed by atoms with Crippen LogP contribution in [0.1, 0.15) is 47.5 Å². The average Bonchev–Trinajstić information content (AvgIpc) is 2.00. The molecule has 86 valence electrons. The molecule has 0 bridgehead atoms. The van der Waals surface area contributed by atoms with Gasteiger partial charge in [-0.2, -0.15) is 0 Å². The summed E-state index contributed by atoms with van der Waals surface area (Å²) in [6.45, 7) is 12.3. The van der Waals surface area contributed by atoms with Gasteiger partial charge in [-0.1, -0.05) is 27.7 Å². The van der Waals surface area contributed by atoms with Gasteiger partial charge in [0.25, 0.3) is 0 Å². The van der Waals surface area contributed by atoms with Crippen LogP contribution < -0.4 is 5.32 Å². The minimum absolute atomic E-state index is 0.542. The highest BCUT2D eigenvalue weighted by Crippen LogP contribution is 2.15. The third-order valence-electron chi connectivity index (χ3n) is 2.32. The Balaban J connectivity index is 3.61. The second-order valence-corrected chi connectivity index (χ2v) is 5.45. The van der Waals surface area contributed by atoms with Gasteiger partial charge < -0.3 is 10.4 Å². The van der Waals surface area contributed by atoms with Gasteiger partial charge in [-0.25, -0.2) is 0 Å². The fourth-order valence-corrected chi connectivity index (χ4v) is 1.32. The molecule has 0 aromatic carbocycles. The second kappa shape index (κ2) is 6.41. The van der Waals surface area contributed by atoms with Crippen LogP contribution in [0.15, 0.2) is 0 Å². The molecule has 2 heteroatoms. The van der Waals surface area contributed by atoms with E-state index in [1.54, 1.807) is 0 Å². The van der Waals surface area contributed by atoms with Gasteiger partial charge in [0.05, 0.1) is 5.60 Å². The van der Waals surface area contributed by atoms with Gasteiger partial charge in [-0.05, 0) is 38.1 Å². The molecule has 0 saturated carbocycles. The van der Waals surface area contributed by atoms with Crippen LogP contribution in [0, 0.1) is 11.8 Å². The number of hydrogen-bond acceptors (Lipinski definition) is 2. The lowest BCUT2D eigenvalue weighted by atomic mass is 9.95. The summed E-state index contributed by atoms with van der Waals surface area (Å²) in [5.41, 5.74) is -0.542. The summed E-state index contributed by atoms with van der Waals surface area (Å²) in [7, 11) is 0. The summed E-state index contributed by atoms with van der Waals surface area (Å²) in [5.74, 6) is 1.32. The molecular weight excluding hydrogens is 174 g/mol. The van der Waals surface area contributed by atoms with Gasteiger partial charge in [0.15, 0.2) is 0 Å². The average molecular weight is 201 g/mol. The molecule has 0 saturated heterocycles. The van der Waals surface area contributed by atoms with Crippen molar-refractivity contribution < 1.29 is 5.11 Å². The van der Waals surface area contributed by atoms with Crippen molar-refractivity contribution >= 4 is 0 Å². The SMILES string of the molecule is CC(C)CCC(C)(O)CNCC(C)C. The molecule has 1 atom stereocenters. The lowest BCUT2D eigenvalue weighted by Gasteiger charge is -2.25. The van der Waals surface area contributed by atoms with Crippen molar-refractivity contribution in [3.05, 3.63) is 0 Å². The Morgan fingerprint density at radius 2 is 1.71 bits per heavy atom. The highest BCUT2D eigenvalue weighted by Gasteiger charge is 2.19. The number of nitrogens with one attached hydrogen (secondary N) is 1. The summed E-state index contributed by atoms with van der Waals surface area (Å²) in [6, 6.07) is 0. The fraction of sp³-hybridized carbons (Fsp3) is 1.00. The van der Waals surface area contributed by atoms with Gasteiger partial charge in [0, 0.05) is 6.54 Å². The van der Waals surface area contributed by atoms with Crippen LogP contribution in [0.4, 0.5) is 0 Å². The number of rotatable bonds is 7. The third-order valence-corrected chi connectivity index (χ3v) is 2.32. The highest BCUT2D eigenvalue weighted by molar-refractivity contribution is 4.76. The van der Waals surface area contributed by atoms with Crippen molar-refractivity contribution in [2.24, 2.45) is 11.8 Å². The quantitative estimate of drug-likeness (QED) is 0.663. The van der Waals surface area contributed by atoms with Gasteiger partial charge in [-0.3, -0.25) is 0 Å². The van der Waals surface area contributed by atoms with E-state index in [9.17, 15) is 5.11 Å². The topological polar surface area (TPSA) is 32.3 Å². The minimum atomic E-state index is -0.542. The summed E-state index contributed by atoms with van der Waals surface area (Å²) in [5, 5.41) is 13.3. The molecule has 2 nitrogen and oxygen atoms in total. The lowest BCUT2D eigenvalue weighted by molar-refractivity contribution is 0.0449. The van der Waals surface area contributed by atoms with E-state index in [0.717, 1.165) is 19.4 Å². The summed E-state index contributed by atoms with van der Waals surface area (Å²) < 4.78 is 0. The first-order chi connectivity index (χ1) is 6.33. The maximum absolute atomic E-state index is 10.0. The fourth-order valence-electron chi connectivity index (χ4n) is 1.32. The first kappa shape index (κ1) is 13.9. The molecule has 1 unspecified atom stereocenters. The third kappa shape index (κ3) is 8.52. The Kier molecular flexibility index (Phi) is 6.38. The molecule has 2 N–H and O–H groups in total. The largest absolute Gasteiger partial charge is 0.389 e. The van der Waals surface area contributed by atoms with E-state index in [1.165, 1.54) is 0 Å². The molecule has 0 spiro atoms. The zero-order chi connectivity index (χ0) is 11.2. The Hall–Kier alpha value is -0.0800. The van der Waals surface area contributed by atoms with Crippen LogP contribution in [0.5, 0.6) is 0 Å². The van der Waals surface area contributed by atoms with Gasteiger partial charge in [0.2, 0.25) is 0 Å². The molecule has 0 aliphatic carbocycles. The van der Waals surface area contributed by atoms with E-state index in [-0.39, 0.29) is 0 Å². The van der Waals surface area contributed by atoms with Crippen molar-refractivity contribution in [3.63, 3.8) is 0 Å². The summed E-state index contributed by atoms with van der Waals surface area (Å²) >= 11 is 0. The standard InChI is InChI=1S/C12H27NO/c1-10(2)6-7-12(5,14)9-13-8-11(3)4/h10-11,13-14H,6-9H2,1-5H3. The molecule has 0 heterocycles. The van der Waals surface area contributed by atoms with Gasteiger partial charge >= 0.3 is 0 Å². The molecule has 0 rings (SSSR count). The normalized spacial score (nSPS) is 16.3. The predicted octanol–water partition coefficient (Wildman–Crippen LogP) is 2.42. The Labute approximate surface area is 89.1 Å². The molecular formula is C12H27NO. The zero-order valence-corrected chi connectivity index (χ0v) is 10.4. The van der Waals surface area contributed by atoms with Crippen molar-refractivity contribution in [1.82, 2.24) is 5.32 Å². The van der Waals surface area contributed by atoms with E-state index in [4.69, 9.17) is 0 Å². The molecule has 0 aliphatic heterocycles. The Morgan fingerprint density at radius 1 is 1.14 bits per heavy atom. The van der Waals surface area contributed by atoms with Crippen LogP contribution in [0.25, 0.3) is 0 Å². The minimum Gasteiger partial charge on any atom is -0.389 e. The highest BCUT2D eigenvalue weighted by atomic mass is 16.3. The maximum Gasteiger partial charge on any atom is 0.0743 e. The van der Waals surface area contributed by atoms with Crippen LogP contribution in [0.2, 0.25) is 0 Å². The smallest absolute Gasteiger partial charge is 0.0743 e. The summed E-state index contributed by atoms with van der Waals surface area (Å²) in [6.07, 6.45) is 1.98. The first-order valence-corrected chi connectivity index (χ1v) is 5.76. The number of aliphatic hydroxyl groups is 1. The van der Waals surface area contributed by atoms with Crippen molar-refractivity contribution in [1.29, 1.82) is 0 Å². The maximum atomic E-state index is 10.0. The monoisotopic (exact) mass is 201 g/mol. The van der Waals surface area contributed by atoms with E-state index in [0.29, 0.717) is 18.4 Å². The second-order valence-electron chi connectivity index (χ2n) is 5.45. The molecule has 0 amide bonds. The predicted molar refractivity (Wildman–Crippen MR) is 62.4 cm³/mol. The molecule has 0 aromatic rings. The first-order valence-electron chi connectivity index (χ1n) is 5.76. The van der Waals surface area contributed by atoms with E-state index >= 15 is 0 Å². The van der Waals surface area contributed by atoms with Gasteiger partial charge in [0.1, 0.15) is 0 Å². The summed E-state index contributed by atoms with van der Waals surface area (Å²) in [4.78, 5) is 0. The van der Waals surface area contributed by atoms with Crippen LogP contribution >= 0.6 is 0 Å². The van der Waals surface area contributed by atoms with Crippen molar-refractivity contribution in [2.45, 2.75) is 53.1 Å². The Morgan fingerprint density at radius 3 is 2.14 bits per heavy atom. The molecule has 14 heavy (non-hydrogen) atoms. The van der Waals surface area contributed by atoms with E-state index in [1.807, 2.05) is 6.92 Å². The van der Waals surface area contributed by atoms with Crippen molar-refractivity contribution in [2.75, 3.05) is 13.1 Å². The van der Waals surface area contributed by atoms with Crippen LogP contribution in [0.3, 0.4) is 0 Å². The van der Waals surface area contributed by atoms with Crippen molar-refractivity contribution in [3.8, 4) is 0 Å². The molecule has 0 radical (unpaired) electrons. The molecule has 0 aliphatic rings. The van der Waals surface area contributed by atoms with Gasteiger partial charge in [-0.15, -0.1) is 0 Å². The van der Waals surface area contributed by atoms with Crippen LogP contribution in [-0.2, 0) is 0 Å². The number of hydrogen-bond donors (Lipinski definition) is 2. The molecule has 0 fully saturated rings. The Bertz CT molecular complexity index is 141. The van der Waals surface area contributed by atoms with E-state index in [2.05, 4.69) is 33.0 Å². The zero-order valence-electron chi connectivity index (χ0n) is 10.4. The van der Waals surface area contributed by atoms with E-state index < -0.39 is 5.60 Å². The van der Waals surface area contributed by atoms with Crippen LogP contribution in [-0.4, -0.2) is 23.8 Å². The molecule has 0 aromatic heterocycles. The lowest BCUT2D eigenvalue weighted by Crippen LogP contribution is -2.39.